The minimum absolute atomic E-state index is 0. The fourth-order valence-electron chi connectivity index (χ4n) is 0. The van der Waals surface area contributed by atoms with E-state index in [2.05, 4.69) is 0 Å². The van der Waals surface area contributed by atoms with Crippen LogP contribution in [0.15, 0.2) is 0 Å². The molecule has 0 rings (SSSR count). The van der Waals surface area contributed by atoms with E-state index in [0.717, 1.165) is 0 Å². The molecular formula is CH2Cl2Sn. The van der Waals surface area contributed by atoms with Crippen LogP contribution in [0.2, 0.25) is 0 Å². The van der Waals surface area contributed by atoms with Gasteiger partial charge in [0.15, 0.2) is 0 Å². The molecule has 4 radical (unpaired) electrons. The second-order valence-electron chi connectivity index (χ2n) is 0.101. The molecule has 0 aliphatic rings. The van der Waals surface area contributed by atoms with Gasteiger partial charge in [0.25, 0.3) is 0 Å². The van der Waals surface area contributed by atoms with Gasteiger partial charge in [-0.2, -0.15) is 0 Å². The van der Waals surface area contributed by atoms with Crippen LogP contribution in [-0.2, 0) is 0 Å². The standard InChI is InChI=1S/CH2Cl2.Sn/c2-1-3;/h1H2;/i1+1;. The van der Waals surface area contributed by atoms with Gasteiger partial charge in [-0.05, 0) is 0 Å². The van der Waals surface area contributed by atoms with E-state index in [-0.39, 0.29) is 29.2 Å². The maximum absolute atomic E-state index is 4.76. The van der Waals surface area contributed by atoms with E-state index in [1.807, 2.05) is 0 Å². The molecule has 0 atom stereocenters. The summed E-state index contributed by atoms with van der Waals surface area (Å²) in [5.74, 6) is 0. The number of alkyl halides is 2. The Morgan fingerprint density at radius 2 is 1.25 bits per heavy atom. The van der Waals surface area contributed by atoms with Crippen LogP contribution >= 0.6 is 23.2 Å². The van der Waals surface area contributed by atoms with Crippen molar-refractivity contribution in [2.45, 2.75) is 0 Å². The molecule has 0 aromatic carbocycles. The molecule has 0 aromatic heterocycles. The molecule has 4 heavy (non-hydrogen) atoms. The van der Waals surface area contributed by atoms with Gasteiger partial charge in [0.1, 0.15) is 0 Å². The molecular weight excluding hydrogens is 203 g/mol. The van der Waals surface area contributed by atoms with Crippen molar-refractivity contribution >= 4 is 47.1 Å². The first kappa shape index (κ1) is 9.03. The predicted octanol–water partition coefficient (Wildman–Crippen LogP) is 1.04. The van der Waals surface area contributed by atoms with E-state index in [4.69, 9.17) is 23.2 Å². The molecule has 0 amide bonds. The maximum Gasteiger partial charge on any atom is 0.0967 e. The van der Waals surface area contributed by atoms with Gasteiger partial charge < -0.3 is 0 Å². The minimum atomic E-state index is 0. The second-order valence-corrected chi connectivity index (χ2v) is 0.909. The van der Waals surface area contributed by atoms with Crippen LogP contribution < -0.4 is 0 Å². The van der Waals surface area contributed by atoms with E-state index in [1.165, 1.54) is 0 Å². The fraction of sp³-hybridized carbons (Fsp3) is 1.00. The molecule has 0 nitrogen and oxygen atoms in total. The van der Waals surface area contributed by atoms with Gasteiger partial charge in [0.2, 0.25) is 0 Å². The first-order chi connectivity index (χ1) is 1.41. The number of halogens is 2. The third-order valence-corrected chi connectivity index (χ3v) is 0. The number of hydrogen-bond donors (Lipinski definition) is 0. The Balaban J connectivity index is 0. The van der Waals surface area contributed by atoms with E-state index in [9.17, 15) is 0 Å². The van der Waals surface area contributed by atoms with Crippen molar-refractivity contribution < 1.29 is 0 Å². The van der Waals surface area contributed by atoms with Crippen LogP contribution in [-0.4, -0.2) is 29.2 Å². The van der Waals surface area contributed by atoms with E-state index < -0.39 is 0 Å². The summed E-state index contributed by atoms with van der Waals surface area (Å²) in [5, 5.41) is 0.194. The van der Waals surface area contributed by atoms with Crippen LogP contribution in [0.3, 0.4) is 0 Å². The normalized spacial score (nSPS) is 4.50. The molecule has 0 unspecified atom stereocenters. The first-order valence-electron chi connectivity index (χ1n) is 0.535. The Kier molecular flexibility index (Phi) is 20.0. The predicted molar refractivity (Wildman–Crippen MR) is 22.3 cm³/mol. The minimum Gasteiger partial charge on any atom is -0.109 e. The summed E-state index contributed by atoms with van der Waals surface area (Å²) in [4.78, 5) is 0. The maximum atomic E-state index is 4.76. The summed E-state index contributed by atoms with van der Waals surface area (Å²) in [7, 11) is 0. The molecule has 0 spiro atoms. The van der Waals surface area contributed by atoms with Gasteiger partial charge in [-0.15, -0.1) is 23.2 Å². The van der Waals surface area contributed by atoms with E-state index in [1.54, 1.807) is 0 Å². The summed E-state index contributed by atoms with van der Waals surface area (Å²) in [5.41, 5.74) is 0. The molecule has 0 saturated carbocycles. The summed E-state index contributed by atoms with van der Waals surface area (Å²) in [6, 6.07) is 0. The van der Waals surface area contributed by atoms with Gasteiger partial charge in [-0.1, -0.05) is 0 Å². The van der Waals surface area contributed by atoms with E-state index in [0.29, 0.717) is 0 Å². The van der Waals surface area contributed by atoms with Gasteiger partial charge in [0.05, 0.1) is 5.34 Å². The largest absolute Gasteiger partial charge is 0.109 e. The zero-order chi connectivity index (χ0) is 2.71. The molecule has 0 saturated heterocycles. The van der Waals surface area contributed by atoms with Gasteiger partial charge in [0, 0.05) is 23.9 Å². The molecule has 24 valence electrons. The van der Waals surface area contributed by atoms with Crippen molar-refractivity contribution in [2.24, 2.45) is 0 Å². The zero-order valence-electron chi connectivity index (χ0n) is 1.96. The van der Waals surface area contributed by atoms with Crippen molar-refractivity contribution in [1.82, 2.24) is 0 Å². The molecule has 3 heteroatoms. The second kappa shape index (κ2) is 8.83. The van der Waals surface area contributed by atoms with Crippen molar-refractivity contribution in [3.05, 3.63) is 0 Å². The quantitative estimate of drug-likeness (QED) is 0.314. The summed E-state index contributed by atoms with van der Waals surface area (Å²) in [6.45, 7) is 0. The molecule has 0 fully saturated rings. The SMILES string of the molecule is Cl[13CH2]Cl.[Sn]. The Morgan fingerprint density at radius 1 is 1.25 bits per heavy atom. The van der Waals surface area contributed by atoms with Gasteiger partial charge in [-0.3, -0.25) is 0 Å². The zero-order valence-corrected chi connectivity index (χ0v) is 6.33. The summed E-state index contributed by atoms with van der Waals surface area (Å²) in [6.07, 6.45) is 0. The Hall–Kier alpha value is 1.38. The summed E-state index contributed by atoms with van der Waals surface area (Å²) >= 11 is 9.53. The monoisotopic (exact) mass is 205 g/mol. The number of rotatable bonds is 0. The summed E-state index contributed by atoms with van der Waals surface area (Å²) < 4.78 is 0. The topological polar surface area (TPSA) is 0 Å². The molecule has 0 N–H and O–H groups in total. The Morgan fingerprint density at radius 3 is 1.25 bits per heavy atom. The number of hydrogen-bond acceptors (Lipinski definition) is 0. The molecule has 0 heterocycles. The van der Waals surface area contributed by atoms with Crippen LogP contribution in [0.25, 0.3) is 0 Å². The third kappa shape index (κ3) is 10.1. The fourth-order valence-corrected chi connectivity index (χ4v) is 0. The van der Waals surface area contributed by atoms with Gasteiger partial charge >= 0.3 is 0 Å². The molecule has 0 aliphatic heterocycles. The molecule has 0 bridgehead atoms. The van der Waals surface area contributed by atoms with Crippen molar-refractivity contribution in [2.75, 3.05) is 5.34 Å². The smallest absolute Gasteiger partial charge is 0.0967 e. The van der Waals surface area contributed by atoms with Crippen molar-refractivity contribution in [3.63, 3.8) is 0 Å². The van der Waals surface area contributed by atoms with Crippen LogP contribution in [0.5, 0.6) is 0 Å². The van der Waals surface area contributed by atoms with Crippen molar-refractivity contribution in [1.29, 1.82) is 0 Å². The van der Waals surface area contributed by atoms with Crippen LogP contribution in [0.1, 0.15) is 0 Å². The van der Waals surface area contributed by atoms with E-state index >= 15 is 0 Å². The Bertz CT molecular complexity index is 6.00. The van der Waals surface area contributed by atoms with Gasteiger partial charge in [-0.25, -0.2) is 0 Å². The van der Waals surface area contributed by atoms with Crippen molar-refractivity contribution in [3.8, 4) is 0 Å². The van der Waals surface area contributed by atoms with Crippen LogP contribution in [0.4, 0.5) is 0 Å². The average molecular weight is 205 g/mol. The molecule has 0 aliphatic carbocycles. The molecule has 0 aromatic rings. The van der Waals surface area contributed by atoms with Crippen LogP contribution in [0, 0.1) is 0 Å². The first-order valence-corrected chi connectivity index (χ1v) is 1.60. The third-order valence-electron chi connectivity index (χ3n) is 0. The Labute approximate surface area is 52.4 Å². The average Bonchev–Trinajstić information content (AvgIpc) is 0.918.